The number of carbonyl (C=O) groups excluding carboxylic acids is 1. The molecular weight excluding hydrogens is 510 g/mol. The van der Waals surface area contributed by atoms with Crippen LogP contribution in [0.1, 0.15) is 30.3 Å². The fourth-order valence-electron chi connectivity index (χ4n) is 3.99. The maximum atomic E-state index is 12.4. The zero-order valence-electron chi connectivity index (χ0n) is 22.0. The second-order valence-corrected chi connectivity index (χ2v) is 8.62. The summed E-state index contributed by atoms with van der Waals surface area (Å²) < 4.78 is 53.7. The van der Waals surface area contributed by atoms with Gasteiger partial charge in [0.1, 0.15) is 42.0 Å². The van der Waals surface area contributed by atoms with Crippen LogP contribution in [-0.4, -0.2) is 35.8 Å². The summed E-state index contributed by atoms with van der Waals surface area (Å²) >= 11 is 0. The van der Waals surface area contributed by atoms with Crippen molar-refractivity contribution in [3.8, 4) is 23.0 Å². The predicted molar refractivity (Wildman–Crippen MR) is 140 cm³/mol. The van der Waals surface area contributed by atoms with Gasteiger partial charge in [0.15, 0.2) is 0 Å². The molecule has 0 radical (unpaired) electrons. The Kier molecular flexibility index (Phi) is 9.19. The molecule has 0 spiro atoms. The summed E-state index contributed by atoms with van der Waals surface area (Å²) in [4.78, 5) is 16.6. The molecule has 0 saturated carbocycles. The lowest BCUT2D eigenvalue weighted by molar-refractivity contribution is -0.143. The maximum absolute atomic E-state index is 12.4. The number of ether oxygens (including phenoxy) is 5. The highest BCUT2D eigenvalue weighted by Gasteiger charge is 2.13. The molecule has 1 heterocycles. The Morgan fingerprint density at radius 3 is 2.41 bits per heavy atom. The van der Waals surface area contributed by atoms with Crippen LogP contribution in [0, 0.1) is 0 Å². The molecule has 0 atom stereocenters. The SMILES string of the molecule is CCOC(=O)CCc1ccc(OCc2nc3ccc(OC)cc3n2C)cc1OCc1ccc(OC(F)F)cc1. The lowest BCUT2D eigenvalue weighted by Crippen LogP contribution is -2.07. The lowest BCUT2D eigenvalue weighted by atomic mass is 10.1. The first-order valence-electron chi connectivity index (χ1n) is 12.4. The summed E-state index contributed by atoms with van der Waals surface area (Å²) in [7, 11) is 3.53. The van der Waals surface area contributed by atoms with E-state index in [0.29, 0.717) is 24.5 Å². The second-order valence-electron chi connectivity index (χ2n) is 8.62. The number of halogens is 2. The first kappa shape index (κ1) is 27.7. The van der Waals surface area contributed by atoms with Crippen LogP contribution in [0.3, 0.4) is 0 Å². The third kappa shape index (κ3) is 7.37. The van der Waals surface area contributed by atoms with Gasteiger partial charge >= 0.3 is 12.6 Å². The van der Waals surface area contributed by atoms with Gasteiger partial charge in [0.2, 0.25) is 0 Å². The Balaban J connectivity index is 1.49. The molecule has 0 unspecified atom stereocenters. The first-order chi connectivity index (χ1) is 18.9. The number of hydrogen-bond acceptors (Lipinski definition) is 7. The molecule has 8 nitrogen and oxygen atoms in total. The van der Waals surface area contributed by atoms with Crippen molar-refractivity contribution in [2.45, 2.75) is 39.6 Å². The van der Waals surface area contributed by atoms with E-state index in [1.807, 2.05) is 41.9 Å². The van der Waals surface area contributed by atoms with Gasteiger partial charge in [0.25, 0.3) is 0 Å². The van der Waals surface area contributed by atoms with Crippen molar-refractivity contribution in [2.24, 2.45) is 7.05 Å². The number of fused-ring (bicyclic) bond motifs is 1. The fourth-order valence-corrected chi connectivity index (χ4v) is 3.99. The van der Waals surface area contributed by atoms with E-state index in [2.05, 4.69) is 9.72 Å². The molecule has 206 valence electrons. The average molecular weight is 541 g/mol. The normalized spacial score (nSPS) is 11.0. The Bertz CT molecular complexity index is 1410. The lowest BCUT2D eigenvalue weighted by Gasteiger charge is -2.14. The molecular formula is C29H30F2N2O6. The van der Waals surface area contributed by atoms with E-state index in [4.69, 9.17) is 18.9 Å². The maximum Gasteiger partial charge on any atom is 0.387 e. The standard InChI is InChI=1S/C29H30F2N2O6/c1-4-36-28(34)14-8-20-7-11-23(16-26(20)38-17-19-5-9-21(10-6-19)39-29(30)31)37-18-27-32-24-13-12-22(35-3)15-25(24)33(27)2/h5-7,9-13,15-16,29H,4,8,14,17-18H2,1-3H3. The molecule has 0 aliphatic rings. The average Bonchev–Trinajstić information content (AvgIpc) is 3.25. The van der Waals surface area contributed by atoms with Crippen LogP contribution in [0.25, 0.3) is 11.0 Å². The molecule has 0 aliphatic heterocycles. The fraction of sp³-hybridized carbons (Fsp3) is 0.310. The van der Waals surface area contributed by atoms with Gasteiger partial charge < -0.3 is 28.3 Å². The van der Waals surface area contributed by atoms with Crippen LogP contribution in [0.4, 0.5) is 8.78 Å². The van der Waals surface area contributed by atoms with E-state index in [1.165, 1.54) is 12.1 Å². The van der Waals surface area contributed by atoms with E-state index >= 15 is 0 Å². The van der Waals surface area contributed by atoms with Crippen molar-refractivity contribution in [3.63, 3.8) is 0 Å². The Morgan fingerprint density at radius 1 is 0.949 bits per heavy atom. The number of benzene rings is 3. The zero-order valence-corrected chi connectivity index (χ0v) is 22.0. The molecule has 0 aliphatic carbocycles. The minimum atomic E-state index is -2.89. The molecule has 3 aromatic carbocycles. The number of imidazole rings is 1. The molecule has 0 fully saturated rings. The molecule has 0 N–H and O–H groups in total. The topological polar surface area (TPSA) is 81.0 Å². The summed E-state index contributed by atoms with van der Waals surface area (Å²) in [6.07, 6.45) is 0.621. The molecule has 0 saturated heterocycles. The van der Waals surface area contributed by atoms with Gasteiger partial charge in [-0.05, 0) is 54.8 Å². The van der Waals surface area contributed by atoms with Gasteiger partial charge in [-0.15, -0.1) is 0 Å². The van der Waals surface area contributed by atoms with Gasteiger partial charge in [-0.25, -0.2) is 4.98 Å². The molecule has 1 aromatic heterocycles. The molecule has 39 heavy (non-hydrogen) atoms. The van der Waals surface area contributed by atoms with Crippen LogP contribution in [0.15, 0.2) is 60.7 Å². The van der Waals surface area contributed by atoms with Crippen molar-refractivity contribution in [1.82, 2.24) is 9.55 Å². The number of carbonyl (C=O) groups is 1. The van der Waals surface area contributed by atoms with Crippen molar-refractivity contribution >= 4 is 17.0 Å². The van der Waals surface area contributed by atoms with Crippen LogP contribution < -0.4 is 18.9 Å². The van der Waals surface area contributed by atoms with E-state index in [0.717, 1.165) is 33.7 Å². The Morgan fingerprint density at radius 2 is 1.69 bits per heavy atom. The number of alkyl halides is 2. The molecule has 0 amide bonds. The summed E-state index contributed by atoms with van der Waals surface area (Å²) in [5, 5.41) is 0. The van der Waals surface area contributed by atoms with Gasteiger partial charge in [-0.3, -0.25) is 4.79 Å². The molecule has 10 heteroatoms. The number of methoxy groups -OCH3 is 1. The highest BCUT2D eigenvalue weighted by atomic mass is 19.3. The van der Waals surface area contributed by atoms with Crippen LogP contribution in [-0.2, 0) is 36.2 Å². The molecule has 4 aromatic rings. The van der Waals surface area contributed by atoms with Crippen molar-refractivity contribution in [3.05, 3.63) is 77.6 Å². The van der Waals surface area contributed by atoms with E-state index in [-0.39, 0.29) is 31.4 Å². The minimum absolute atomic E-state index is 0.0691. The smallest absolute Gasteiger partial charge is 0.387 e. The predicted octanol–water partition coefficient (Wildman–Crippen LogP) is 5.84. The minimum Gasteiger partial charge on any atom is -0.497 e. The van der Waals surface area contributed by atoms with Crippen LogP contribution in [0.2, 0.25) is 0 Å². The van der Waals surface area contributed by atoms with E-state index < -0.39 is 6.61 Å². The number of aryl methyl sites for hydroxylation is 2. The summed E-state index contributed by atoms with van der Waals surface area (Å²) in [6, 6.07) is 17.3. The number of rotatable bonds is 13. The number of hydrogen-bond donors (Lipinski definition) is 0. The summed E-state index contributed by atoms with van der Waals surface area (Å²) in [5.41, 5.74) is 3.33. The third-order valence-corrected chi connectivity index (χ3v) is 6.03. The first-order valence-corrected chi connectivity index (χ1v) is 12.4. The monoisotopic (exact) mass is 540 g/mol. The number of nitrogens with zero attached hydrogens (tertiary/aromatic N) is 2. The van der Waals surface area contributed by atoms with Crippen molar-refractivity contribution in [1.29, 1.82) is 0 Å². The molecule has 4 rings (SSSR count). The molecule has 0 bridgehead atoms. The van der Waals surface area contributed by atoms with Gasteiger partial charge in [-0.1, -0.05) is 18.2 Å². The Labute approximate surface area is 225 Å². The van der Waals surface area contributed by atoms with E-state index in [1.54, 1.807) is 32.2 Å². The Hall–Kier alpha value is -4.34. The van der Waals surface area contributed by atoms with Crippen LogP contribution in [0.5, 0.6) is 23.0 Å². The zero-order chi connectivity index (χ0) is 27.8. The largest absolute Gasteiger partial charge is 0.497 e. The van der Waals surface area contributed by atoms with Gasteiger partial charge in [-0.2, -0.15) is 8.78 Å². The second kappa shape index (κ2) is 12.9. The highest BCUT2D eigenvalue weighted by molar-refractivity contribution is 5.77. The quantitative estimate of drug-likeness (QED) is 0.197. The summed E-state index contributed by atoms with van der Waals surface area (Å²) in [6.45, 7) is -0.409. The van der Waals surface area contributed by atoms with E-state index in [9.17, 15) is 13.6 Å². The number of aromatic nitrogens is 2. The summed E-state index contributed by atoms with van der Waals surface area (Å²) in [5.74, 6) is 2.36. The highest BCUT2D eigenvalue weighted by Crippen LogP contribution is 2.29. The van der Waals surface area contributed by atoms with Gasteiger partial charge in [0, 0.05) is 25.6 Å². The van der Waals surface area contributed by atoms with Crippen molar-refractivity contribution in [2.75, 3.05) is 13.7 Å². The number of esters is 1. The van der Waals surface area contributed by atoms with Crippen molar-refractivity contribution < 1.29 is 37.3 Å². The third-order valence-electron chi connectivity index (χ3n) is 6.03. The van der Waals surface area contributed by atoms with Gasteiger partial charge in [0.05, 0.1) is 24.8 Å². The van der Waals surface area contributed by atoms with Crippen LogP contribution >= 0.6 is 0 Å².